The lowest BCUT2D eigenvalue weighted by Crippen LogP contribution is -2.46. The standard InChI is InChI=1S/C19H19NO7S/c1-11-2-3-12(14(21)8-13-15(22)9-20-10-16(13)23)18-17(11)26-19(27-18)4-6-28(24,25)7-5-19/h2-3,9-10,22-23H,4-8H2,1H3/p+1. The number of rotatable bonds is 3. The van der Waals surface area contributed by atoms with E-state index in [1.54, 1.807) is 12.1 Å². The van der Waals surface area contributed by atoms with Gasteiger partial charge < -0.3 is 19.7 Å². The van der Waals surface area contributed by atoms with Gasteiger partial charge in [0.1, 0.15) is 0 Å². The van der Waals surface area contributed by atoms with Gasteiger partial charge in [-0.2, -0.15) is 0 Å². The lowest BCUT2D eigenvalue weighted by Gasteiger charge is -2.31. The Morgan fingerprint density at radius 2 is 1.71 bits per heavy atom. The van der Waals surface area contributed by atoms with Crippen molar-refractivity contribution in [2.45, 2.75) is 32.0 Å². The first-order chi connectivity index (χ1) is 13.2. The minimum Gasteiger partial charge on any atom is -0.502 e. The van der Waals surface area contributed by atoms with Crippen molar-refractivity contribution in [1.82, 2.24) is 0 Å². The van der Waals surface area contributed by atoms with E-state index in [0.29, 0.717) is 5.75 Å². The Bertz CT molecular complexity index is 1040. The number of nitrogens with one attached hydrogen (secondary N) is 1. The van der Waals surface area contributed by atoms with Crippen LogP contribution in [0.15, 0.2) is 24.5 Å². The minimum absolute atomic E-state index is 0.0361. The van der Waals surface area contributed by atoms with Crippen molar-refractivity contribution in [1.29, 1.82) is 0 Å². The normalized spacial score (nSPS) is 18.9. The number of carbonyl (C=O) groups excluding carboxylic acids is 1. The van der Waals surface area contributed by atoms with Crippen LogP contribution in [-0.4, -0.2) is 41.7 Å². The lowest BCUT2D eigenvalue weighted by molar-refractivity contribution is -0.380. The molecule has 2 aliphatic heterocycles. The number of benzene rings is 1. The van der Waals surface area contributed by atoms with Crippen LogP contribution in [0.5, 0.6) is 23.0 Å². The zero-order valence-corrected chi connectivity index (χ0v) is 16.0. The Balaban J connectivity index is 1.65. The van der Waals surface area contributed by atoms with Crippen LogP contribution in [0.1, 0.15) is 34.3 Å². The van der Waals surface area contributed by atoms with Gasteiger partial charge in [-0.25, -0.2) is 13.4 Å². The molecule has 0 atom stereocenters. The fraction of sp³-hybridized carbons (Fsp3) is 0.368. The third kappa shape index (κ3) is 3.15. The number of fused-ring (bicyclic) bond motifs is 1. The first kappa shape index (κ1) is 18.5. The van der Waals surface area contributed by atoms with Crippen molar-refractivity contribution in [2.75, 3.05) is 11.5 Å². The number of ketones is 1. The zero-order valence-electron chi connectivity index (χ0n) is 15.2. The number of Topliss-reactive ketones (excluding diaryl/α,β-unsaturated/α-hetero) is 1. The van der Waals surface area contributed by atoms with Crippen molar-refractivity contribution in [2.24, 2.45) is 0 Å². The van der Waals surface area contributed by atoms with E-state index in [1.165, 1.54) is 12.4 Å². The summed E-state index contributed by atoms with van der Waals surface area (Å²) in [5.74, 6) is -1.24. The van der Waals surface area contributed by atoms with Gasteiger partial charge in [-0.3, -0.25) is 4.79 Å². The number of H-pyrrole nitrogens is 1. The van der Waals surface area contributed by atoms with Gasteiger partial charge in [-0.05, 0) is 18.6 Å². The Morgan fingerprint density at radius 3 is 2.36 bits per heavy atom. The summed E-state index contributed by atoms with van der Waals surface area (Å²) in [6, 6.07) is 3.34. The molecule has 0 saturated carbocycles. The van der Waals surface area contributed by atoms with E-state index >= 15 is 0 Å². The molecule has 0 unspecified atom stereocenters. The van der Waals surface area contributed by atoms with Crippen LogP contribution in [0.25, 0.3) is 0 Å². The summed E-state index contributed by atoms with van der Waals surface area (Å²) in [6.07, 6.45) is 2.70. The molecule has 3 heterocycles. The van der Waals surface area contributed by atoms with Gasteiger partial charge >= 0.3 is 0 Å². The van der Waals surface area contributed by atoms with Gasteiger partial charge in [-0.15, -0.1) is 0 Å². The van der Waals surface area contributed by atoms with Gasteiger partial charge in [-0.1, -0.05) is 6.07 Å². The number of sulfone groups is 1. The van der Waals surface area contributed by atoms with E-state index in [-0.39, 0.29) is 64.9 Å². The molecule has 9 heteroatoms. The SMILES string of the molecule is Cc1ccc(C(=O)Cc2c(O)c[nH+]cc2O)c2c1OC1(CCS(=O)(=O)CC1)O2. The number of hydrogen-bond donors (Lipinski definition) is 2. The number of aromatic nitrogens is 1. The highest BCUT2D eigenvalue weighted by atomic mass is 32.2. The molecule has 0 radical (unpaired) electrons. The predicted octanol–water partition coefficient (Wildman–Crippen LogP) is 1.32. The summed E-state index contributed by atoms with van der Waals surface area (Å²) in [7, 11) is -3.11. The van der Waals surface area contributed by atoms with Crippen molar-refractivity contribution >= 4 is 15.6 Å². The minimum atomic E-state index is -3.11. The number of aromatic hydroxyl groups is 2. The Labute approximate surface area is 161 Å². The molecule has 2 aliphatic rings. The van der Waals surface area contributed by atoms with Gasteiger partial charge in [0, 0.05) is 19.3 Å². The van der Waals surface area contributed by atoms with Crippen molar-refractivity contribution in [3.05, 3.63) is 41.2 Å². The van der Waals surface area contributed by atoms with E-state index in [1.807, 2.05) is 6.92 Å². The smallest absolute Gasteiger partial charge is 0.253 e. The summed E-state index contributed by atoms with van der Waals surface area (Å²) in [4.78, 5) is 15.5. The topological polar surface area (TPSA) is 124 Å². The number of hydrogen-bond acceptors (Lipinski definition) is 7. The average molecular weight is 406 g/mol. The largest absolute Gasteiger partial charge is 0.502 e. The van der Waals surface area contributed by atoms with Crippen molar-refractivity contribution < 1.29 is 37.9 Å². The van der Waals surface area contributed by atoms with Gasteiger partial charge in [0.25, 0.3) is 5.79 Å². The molecule has 0 amide bonds. The lowest BCUT2D eigenvalue weighted by atomic mass is 10.00. The molecule has 8 nitrogen and oxygen atoms in total. The molecule has 3 N–H and O–H groups in total. The Hall–Kier alpha value is -2.81. The highest BCUT2D eigenvalue weighted by molar-refractivity contribution is 7.91. The average Bonchev–Trinajstić information content (AvgIpc) is 3.02. The van der Waals surface area contributed by atoms with Crippen LogP contribution < -0.4 is 14.5 Å². The molecular weight excluding hydrogens is 386 g/mol. The molecule has 148 valence electrons. The summed E-state index contributed by atoms with van der Waals surface area (Å²) in [5, 5.41) is 19.8. The molecule has 0 aliphatic carbocycles. The van der Waals surface area contributed by atoms with E-state index in [0.717, 1.165) is 5.56 Å². The van der Waals surface area contributed by atoms with E-state index in [2.05, 4.69) is 4.98 Å². The first-order valence-corrected chi connectivity index (χ1v) is 10.7. The molecule has 28 heavy (non-hydrogen) atoms. The van der Waals surface area contributed by atoms with Crippen LogP contribution in [0.2, 0.25) is 0 Å². The summed E-state index contributed by atoms with van der Waals surface area (Å²) in [5.41, 5.74) is 1.14. The van der Waals surface area contributed by atoms with E-state index in [4.69, 9.17) is 9.47 Å². The third-order valence-electron chi connectivity index (χ3n) is 5.17. The summed E-state index contributed by atoms with van der Waals surface area (Å²) in [6.45, 7) is 1.82. The number of ether oxygens (including phenoxy) is 2. The monoisotopic (exact) mass is 406 g/mol. The fourth-order valence-corrected chi connectivity index (χ4v) is 4.94. The Kier molecular flexibility index (Phi) is 4.22. The quantitative estimate of drug-likeness (QED) is 0.737. The van der Waals surface area contributed by atoms with Crippen LogP contribution in [0, 0.1) is 6.92 Å². The van der Waals surface area contributed by atoms with Crippen LogP contribution in [0.4, 0.5) is 0 Å². The van der Waals surface area contributed by atoms with Gasteiger partial charge in [0.05, 0.1) is 22.6 Å². The summed E-state index contributed by atoms with van der Waals surface area (Å²) >= 11 is 0. The molecule has 4 rings (SSSR count). The zero-order chi connectivity index (χ0) is 20.1. The summed E-state index contributed by atoms with van der Waals surface area (Å²) < 4.78 is 35.5. The molecule has 0 bridgehead atoms. The maximum Gasteiger partial charge on any atom is 0.253 e. The molecule has 2 aromatic rings. The fourth-order valence-electron chi connectivity index (χ4n) is 3.50. The van der Waals surface area contributed by atoms with Crippen molar-refractivity contribution in [3.8, 4) is 23.0 Å². The molecule has 1 fully saturated rings. The molecular formula is C19H20NO7S+. The second-order valence-corrected chi connectivity index (χ2v) is 9.46. The third-order valence-corrected chi connectivity index (χ3v) is 6.82. The second-order valence-electron chi connectivity index (χ2n) is 7.16. The highest BCUT2D eigenvalue weighted by Gasteiger charge is 2.47. The van der Waals surface area contributed by atoms with Crippen molar-refractivity contribution in [3.63, 3.8) is 0 Å². The van der Waals surface area contributed by atoms with E-state index < -0.39 is 15.6 Å². The van der Waals surface area contributed by atoms with Crippen LogP contribution in [0.3, 0.4) is 0 Å². The second kappa shape index (κ2) is 6.37. The molecule has 1 saturated heterocycles. The van der Waals surface area contributed by atoms with Gasteiger partial charge in [0.15, 0.2) is 38.6 Å². The van der Waals surface area contributed by atoms with E-state index in [9.17, 15) is 23.4 Å². The number of aryl methyl sites for hydroxylation is 1. The number of pyridine rings is 1. The predicted molar refractivity (Wildman–Crippen MR) is 97.4 cm³/mol. The number of carbonyl (C=O) groups is 1. The molecule has 1 aromatic heterocycles. The Morgan fingerprint density at radius 1 is 1.11 bits per heavy atom. The molecule has 1 spiro atoms. The molecule has 1 aromatic carbocycles. The van der Waals surface area contributed by atoms with Crippen LogP contribution >= 0.6 is 0 Å². The maximum atomic E-state index is 12.9. The van der Waals surface area contributed by atoms with Gasteiger partial charge in [0.2, 0.25) is 12.4 Å². The maximum absolute atomic E-state index is 12.9. The van der Waals surface area contributed by atoms with Crippen LogP contribution in [-0.2, 0) is 16.3 Å². The highest BCUT2D eigenvalue weighted by Crippen LogP contribution is 2.48. The first-order valence-electron chi connectivity index (χ1n) is 8.86. The number of aromatic amines is 1.